The first-order chi connectivity index (χ1) is 19.2. The first-order valence-corrected chi connectivity index (χ1v) is 17.8. The lowest BCUT2D eigenvalue weighted by atomic mass is 10.0. The zero-order chi connectivity index (χ0) is 30.0. The van der Waals surface area contributed by atoms with Gasteiger partial charge >= 0.3 is 6.09 Å². The van der Waals surface area contributed by atoms with E-state index < -0.39 is 25.6 Å². The molecule has 0 N–H and O–H groups in total. The van der Waals surface area contributed by atoms with Crippen LogP contribution in [0.3, 0.4) is 0 Å². The maximum absolute atomic E-state index is 13.1. The van der Waals surface area contributed by atoms with Gasteiger partial charge < -0.3 is 18.9 Å². The molecular weight excluding hydrogens is 536 g/mol. The van der Waals surface area contributed by atoms with Crippen molar-refractivity contribution >= 4 is 31.1 Å². The van der Waals surface area contributed by atoms with Crippen LogP contribution in [0.15, 0.2) is 48.7 Å². The number of nitrogens with zero attached hydrogens (tertiary/aromatic N) is 4. The number of anilines is 1. The second kappa shape index (κ2) is 12.0. The first-order valence-electron chi connectivity index (χ1n) is 14.1. The molecule has 1 aliphatic heterocycles. The maximum Gasteiger partial charge on any atom is 0.416 e. The standard InChI is InChI=1S/C31H44N4O5Si/c1-22(2)20-34(29(36)40-30(3,4)5)27-19-32-28-25(33-27)18-26(35(28)21-37-16-17-41(7,8)9)23-10-12-24(13-11-23)31(6)38-14-15-39-31/h10-13,18-19H,1,14-17,20-21H2,2-9H3. The zero-order valence-electron chi connectivity index (χ0n) is 25.7. The summed E-state index contributed by atoms with van der Waals surface area (Å²) in [6, 6.07) is 11.2. The van der Waals surface area contributed by atoms with Crippen molar-refractivity contribution in [3.05, 3.63) is 54.2 Å². The Morgan fingerprint density at radius 2 is 1.83 bits per heavy atom. The van der Waals surface area contributed by atoms with E-state index >= 15 is 0 Å². The SMILES string of the molecule is C=C(C)CN(C(=O)OC(C)(C)C)c1cnc2c(cc(-c3ccc(C4(C)OCCO4)cc3)n2COCC[Si](C)(C)C)n1. The Kier molecular flexibility index (Phi) is 9.08. The first kappa shape index (κ1) is 30.9. The second-order valence-corrected chi connectivity index (χ2v) is 18.6. The van der Waals surface area contributed by atoms with Gasteiger partial charge in [0.15, 0.2) is 17.3 Å². The number of aromatic nitrogens is 3. The molecule has 10 heteroatoms. The predicted octanol–water partition coefficient (Wildman–Crippen LogP) is 6.95. The highest BCUT2D eigenvalue weighted by atomic mass is 28.3. The van der Waals surface area contributed by atoms with Crippen LogP contribution in [0.4, 0.5) is 10.6 Å². The zero-order valence-corrected chi connectivity index (χ0v) is 26.7. The van der Waals surface area contributed by atoms with Crippen LogP contribution in [0.1, 0.15) is 40.2 Å². The normalized spacial score (nSPS) is 15.3. The van der Waals surface area contributed by atoms with E-state index in [4.69, 9.17) is 28.9 Å². The summed E-state index contributed by atoms with van der Waals surface area (Å²) >= 11 is 0. The fourth-order valence-electron chi connectivity index (χ4n) is 4.50. The summed E-state index contributed by atoms with van der Waals surface area (Å²) in [4.78, 5) is 24.2. The fraction of sp³-hybridized carbons (Fsp3) is 0.516. The molecule has 0 radical (unpaired) electrons. The Hall–Kier alpha value is -3.05. The van der Waals surface area contributed by atoms with Gasteiger partial charge in [-0.1, -0.05) is 56.1 Å². The molecule has 0 unspecified atom stereocenters. The van der Waals surface area contributed by atoms with Crippen LogP contribution >= 0.6 is 0 Å². The van der Waals surface area contributed by atoms with Crippen molar-refractivity contribution in [1.29, 1.82) is 0 Å². The van der Waals surface area contributed by atoms with Gasteiger partial charge in [-0.3, -0.25) is 9.47 Å². The molecule has 222 valence electrons. The molecule has 3 aromatic rings. The molecule has 0 saturated carbocycles. The Morgan fingerprint density at radius 1 is 1.17 bits per heavy atom. The van der Waals surface area contributed by atoms with E-state index in [9.17, 15) is 4.79 Å². The summed E-state index contributed by atoms with van der Waals surface area (Å²) in [5, 5.41) is 0. The van der Waals surface area contributed by atoms with E-state index in [1.54, 1.807) is 6.20 Å². The molecule has 41 heavy (non-hydrogen) atoms. The van der Waals surface area contributed by atoms with Gasteiger partial charge in [0, 0.05) is 20.2 Å². The summed E-state index contributed by atoms with van der Waals surface area (Å²) < 4.78 is 25.5. The largest absolute Gasteiger partial charge is 0.443 e. The highest BCUT2D eigenvalue weighted by Crippen LogP contribution is 2.34. The van der Waals surface area contributed by atoms with Crippen molar-refractivity contribution < 1.29 is 23.7 Å². The molecule has 1 saturated heterocycles. The monoisotopic (exact) mass is 580 g/mol. The van der Waals surface area contributed by atoms with Crippen LogP contribution in [0.25, 0.3) is 22.4 Å². The molecule has 1 aliphatic rings. The minimum atomic E-state index is -1.24. The molecular formula is C31H44N4O5Si. The summed E-state index contributed by atoms with van der Waals surface area (Å²) in [5.74, 6) is -0.339. The molecule has 2 aromatic heterocycles. The second-order valence-electron chi connectivity index (χ2n) is 13.0. The Morgan fingerprint density at radius 3 is 2.41 bits per heavy atom. The molecule has 0 atom stereocenters. The van der Waals surface area contributed by atoms with Crippen LogP contribution < -0.4 is 4.90 Å². The minimum Gasteiger partial charge on any atom is -0.443 e. The summed E-state index contributed by atoms with van der Waals surface area (Å²) in [5.41, 5.74) is 4.34. The number of rotatable bonds is 10. The van der Waals surface area contributed by atoms with Crippen LogP contribution in [-0.4, -0.2) is 60.7 Å². The number of fused-ring (bicyclic) bond motifs is 1. The lowest BCUT2D eigenvalue weighted by Crippen LogP contribution is -2.38. The highest BCUT2D eigenvalue weighted by molar-refractivity contribution is 6.76. The Balaban J connectivity index is 1.72. The molecule has 1 aromatic carbocycles. The molecule has 9 nitrogen and oxygen atoms in total. The molecule has 4 rings (SSSR count). The fourth-order valence-corrected chi connectivity index (χ4v) is 5.26. The number of benzene rings is 1. The topological polar surface area (TPSA) is 87.9 Å². The predicted molar refractivity (Wildman–Crippen MR) is 165 cm³/mol. The van der Waals surface area contributed by atoms with Gasteiger partial charge in [0.2, 0.25) is 0 Å². The Bertz CT molecular complexity index is 1380. The van der Waals surface area contributed by atoms with Gasteiger partial charge in [-0.25, -0.2) is 14.8 Å². The Labute approximate surface area is 244 Å². The van der Waals surface area contributed by atoms with E-state index in [1.807, 2.05) is 69.5 Å². The molecule has 0 aliphatic carbocycles. The van der Waals surface area contributed by atoms with E-state index in [1.165, 1.54) is 4.90 Å². The van der Waals surface area contributed by atoms with Crippen molar-refractivity contribution in [1.82, 2.24) is 14.5 Å². The number of amides is 1. The van der Waals surface area contributed by atoms with Gasteiger partial charge in [-0.2, -0.15) is 0 Å². The van der Waals surface area contributed by atoms with Crippen molar-refractivity contribution in [2.75, 3.05) is 31.3 Å². The van der Waals surface area contributed by atoms with Gasteiger partial charge in [0.1, 0.15) is 17.8 Å². The summed E-state index contributed by atoms with van der Waals surface area (Å²) in [6.45, 7) is 22.7. The summed E-state index contributed by atoms with van der Waals surface area (Å²) in [7, 11) is -1.24. The average molecular weight is 581 g/mol. The van der Waals surface area contributed by atoms with E-state index in [-0.39, 0.29) is 6.54 Å². The third-order valence-corrected chi connectivity index (χ3v) is 8.37. The molecule has 0 bridgehead atoms. The van der Waals surface area contributed by atoms with Crippen molar-refractivity contribution in [2.24, 2.45) is 0 Å². The number of carbonyl (C=O) groups is 1. The number of carbonyl (C=O) groups excluding carboxylic acids is 1. The lowest BCUT2D eigenvalue weighted by molar-refractivity contribution is -0.149. The smallest absolute Gasteiger partial charge is 0.416 e. The van der Waals surface area contributed by atoms with Gasteiger partial charge in [-0.05, 0) is 52.3 Å². The maximum atomic E-state index is 13.1. The minimum absolute atomic E-state index is 0.271. The number of hydrogen-bond donors (Lipinski definition) is 0. The molecule has 3 heterocycles. The van der Waals surface area contributed by atoms with E-state index in [0.29, 0.717) is 43.5 Å². The van der Waals surface area contributed by atoms with Crippen LogP contribution in [0.5, 0.6) is 0 Å². The van der Waals surface area contributed by atoms with Crippen LogP contribution in [0.2, 0.25) is 25.7 Å². The summed E-state index contributed by atoms with van der Waals surface area (Å²) in [6.07, 6.45) is 1.11. The van der Waals surface area contributed by atoms with E-state index in [0.717, 1.165) is 28.4 Å². The van der Waals surface area contributed by atoms with Crippen LogP contribution in [-0.2, 0) is 31.5 Å². The average Bonchev–Trinajstić information content (AvgIpc) is 3.47. The van der Waals surface area contributed by atoms with Gasteiger partial charge in [0.25, 0.3) is 0 Å². The van der Waals surface area contributed by atoms with Gasteiger partial charge in [0.05, 0.1) is 31.6 Å². The van der Waals surface area contributed by atoms with Gasteiger partial charge in [-0.15, -0.1) is 0 Å². The third-order valence-electron chi connectivity index (χ3n) is 6.66. The number of ether oxygens (including phenoxy) is 4. The van der Waals surface area contributed by atoms with Crippen LogP contribution in [0, 0.1) is 0 Å². The molecule has 1 amide bonds. The highest BCUT2D eigenvalue weighted by Gasteiger charge is 2.33. The molecule has 1 fully saturated rings. The van der Waals surface area contributed by atoms with Crippen molar-refractivity contribution in [2.45, 2.75) is 78.4 Å². The number of hydrogen-bond acceptors (Lipinski definition) is 7. The van der Waals surface area contributed by atoms with Crippen molar-refractivity contribution in [3.63, 3.8) is 0 Å². The third kappa shape index (κ3) is 7.82. The van der Waals surface area contributed by atoms with Crippen molar-refractivity contribution in [3.8, 4) is 11.3 Å². The lowest BCUT2D eigenvalue weighted by Gasteiger charge is -2.26. The quantitative estimate of drug-likeness (QED) is 0.146. The molecule has 0 spiro atoms. The van der Waals surface area contributed by atoms with E-state index in [2.05, 4.69) is 26.2 Å².